The second-order valence-electron chi connectivity index (χ2n) is 6.48. The Morgan fingerprint density at radius 1 is 0.821 bits per heavy atom. The van der Waals surface area contributed by atoms with Crippen molar-refractivity contribution in [2.45, 2.75) is 27.7 Å². The van der Waals surface area contributed by atoms with Crippen LogP contribution >= 0.6 is 0 Å². The summed E-state index contributed by atoms with van der Waals surface area (Å²) < 4.78 is 0. The van der Waals surface area contributed by atoms with Gasteiger partial charge in [-0.3, -0.25) is 14.4 Å². The molecule has 2 amide bonds. The number of benzene rings is 2. The maximum atomic E-state index is 12.4. The number of nitrogens with zero attached hydrogens (tertiary/aromatic N) is 2. The van der Waals surface area contributed by atoms with Crippen molar-refractivity contribution in [1.29, 1.82) is 0 Å². The fourth-order valence-electron chi connectivity index (χ4n) is 2.95. The molecule has 6 heteroatoms. The van der Waals surface area contributed by atoms with E-state index in [1.165, 1.54) is 18.7 Å². The molecule has 0 atom stereocenters. The summed E-state index contributed by atoms with van der Waals surface area (Å²) in [4.78, 5) is 39.4. The first-order valence-corrected chi connectivity index (χ1v) is 9.39. The van der Waals surface area contributed by atoms with E-state index in [1.54, 1.807) is 24.3 Å². The van der Waals surface area contributed by atoms with Crippen molar-refractivity contribution >= 4 is 34.7 Å². The van der Waals surface area contributed by atoms with Gasteiger partial charge in [0.25, 0.3) is 0 Å². The van der Waals surface area contributed by atoms with Crippen molar-refractivity contribution in [2.24, 2.45) is 0 Å². The number of anilines is 3. The lowest BCUT2D eigenvalue weighted by Gasteiger charge is -2.22. The summed E-state index contributed by atoms with van der Waals surface area (Å²) >= 11 is 0. The van der Waals surface area contributed by atoms with Crippen molar-refractivity contribution in [2.75, 3.05) is 34.8 Å². The molecule has 0 saturated heterocycles. The van der Waals surface area contributed by atoms with Crippen LogP contribution in [0.3, 0.4) is 0 Å². The summed E-state index contributed by atoms with van der Waals surface area (Å²) in [6.45, 7) is 8.81. The highest BCUT2D eigenvalue weighted by Crippen LogP contribution is 2.19. The Hall–Kier alpha value is -3.15. The first-order valence-electron chi connectivity index (χ1n) is 9.39. The van der Waals surface area contributed by atoms with Gasteiger partial charge in [0.05, 0.1) is 0 Å². The molecule has 2 aromatic rings. The number of rotatable bonds is 8. The Labute approximate surface area is 166 Å². The van der Waals surface area contributed by atoms with Crippen LogP contribution < -0.4 is 15.1 Å². The zero-order valence-corrected chi connectivity index (χ0v) is 16.9. The molecular weight excluding hydrogens is 354 g/mol. The minimum atomic E-state index is -0.290. The van der Waals surface area contributed by atoms with Gasteiger partial charge in [-0.15, -0.1) is 0 Å². The molecule has 0 heterocycles. The van der Waals surface area contributed by atoms with Gasteiger partial charge in [-0.05, 0) is 69.3 Å². The van der Waals surface area contributed by atoms with Gasteiger partial charge in [0.1, 0.15) is 6.54 Å². The standard InChI is InChI=1S/C22H27N3O3/c1-5-24(6-2)20-13-9-19(10-14-20)23-22(28)15-25(17(4)27)21-11-7-18(8-12-21)16(3)26/h7-14H,5-6,15H2,1-4H3,(H,23,28). The van der Waals surface area contributed by atoms with Crippen molar-refractivity contribution in [1.82, 2.24) is 0 Å². The normalized spacial score (nSPS) is 10.3. The molecule has 0 unspecified atom stereocenters. The molecule has 0 aromatic heterocycles. The molecule has 0 radical (unpaired) electrons. The average Bonchev–Trinajstić information content (AvgIpc) is 2.68. The summed E-state index contributed by atoms with van der Waals surface area (Å²) in [6.07, 6.45) is 0. The summed E-state index contributed by atoms with van der Waals surface area (Å²) in [6, 6.07) is 14.3. The fourth-order valence-corrected chi connectivity index (χ4v) is 2.95. The Morgan fingerprint density at radius 2 is 1.36 bits per heavy atom. The van der Waals surface area contributed by atoms with Gasteiger partial charge in [-0.1, -0.05) is 0 Å². The third kappa shape index (κ3) is 5.42. The quantitative estimate of drug-likeness (QED) is 0.708. The van der Waals surface area contributed by atoms with Gasteiger partial charge in [0.15, 0.2) is 5.78 Å². The van der Waals surface area contributed by atoms with Crippen molar-refractivity contribution in [3.05, 3.63) is 54.1 Å². The van der Waals surface area contributed by atoms with Gasteiger partial charge in [-0.25, -0.2) is 0 Å². The Morgan fingerprint density at radius 3 is 1.82 bits per heavy atom. The highest BCUT2D eigenvalue weighted by Gasteiger charge is 2.16. The number of nitrogens with one attached hydrogen (secondary N) is 1. The maximum absolute atomic E-state index is 12.4. The predicted molar refractivity (Wildman–Crippen MR) is 113 cm³/mol. The monoisotopic (exact) mass is 381 g/mol. The molecule has 0 saturated carbocycles. The van der Waals surface area contributed by atoms with Crippen LogP contribution in [0.15, 0.2) is 48.5 Å². The van der Waals surface area contributed by atoms with Crippen LogP contribution in [0.25, 0.3) is 0 Å². The highest BCUT2D eigenvalue weighted by atomic mass is 16.2. The van der Waals surface area contributed by atoms with Crippen LogP contribution in [0.5, 0.6) is 0 Å². The van der Waals surface area contributed by atoms with Crippen LogP contribution in [0, 0.1) is 0 Å². The van der Waals surface area contributed by atoms with Gasteiger partial charge in [-0.2, -0.15) is 0 Å². The van der Waals surface area contributed by atoms with E-state index >= 15 is 0 Å². The van der Waals surface area contributed by atoms with Crippen LogP contribution in [0.2, 0.25) is 0 Å². The van der Waals surface area contributed by atoms with E-state index in [0.717, 1.165) is 18.8 Å². The first-order chi connectivity index (χ1) is 13.3. The minimum Gasteiger partial charge on any atom is -0.372 e. The number of ketones is 1. The lowest BCUT2D eigenvalue weighted by Crippen LogP contribution is -2.36. The van der Waals surface area contributed by atoms with Crippen molar-refractivity contribution < 1.29 is 14.4 Å². The van der Waals surface area contributed by atoms with Crippen LogP contribution in [0.4, 0.5) is 17.1 Å². The molecule has 2 aromatic carbocycles. The Balaban J connectivity index is 2.06. The minimum absolute atomic E-state index is 0.0492. The lowest BCUT2D eigenvalue weighted by molar-refractivity contribution is -0.120. The average molecular weight is 381 g/mol. The van der Waals surface area contributed by atoms with E-state index in [-0.39, 0.29) is 24.1 Å². The SMILES string of the molecule is CCN(CC)c1ccc(NC(=O)CN(C(C)=O)c2ccc(C(C)=O)cc2)cc1. The smallest absolute Gasteiger partial charge is 0.244 e. The topological polar surface area (TPSA) is 69.7 Å². The number of carbonyl (C=O) groups is 3. The second-order valence-corrected chi connectivity index (χ2v) is 6.48. The van der Waals surface area contributed by atoms with E-state index < -0.39 is 0 Å². The number of hydrogen-bond acceptors (Lipinski definition) is 4. The summed E-state index contributed by atoms with van der Waals surface area (Å²) in [5, 5.41) is 2.82. The van der Waals surface area contributed by atoms with Gasteiger partial charge < -0.3 is 15.1 Å². The zero-order valence-electron chi connectivity index (χ0n) is 16.9. The lowest BCUT2D eigenvalue weighted by atomic mass is 10.1. The molecule has 6 nitrogen and oxygen atoms in total. The first kappa shape index (κ1) is 21.2. The van der Waals surface area contributed by atoms with E-state index in [0.29, 0.717) is 16.9 Å². The van der Waals surface area contributed by atoms with E-state index in [9.17, 15) is 14.4 Å². The van der Waals surface area contributed by atoms with Crippen LogP contribution in [-0.2, 0) is 9.59 Å². The van der Waals surface area contributed by atoms with Gasteiger partial charge in [0, 0.05) is 42.6 Å². The Bertz CT molecular complexity index is 825. The number of carbonyl (C=O) groups excluding carboxylic acids is 3. The molecule has 148 valence electrons. The Kier molecular flexibility index (Phi) is 7.32. The third-order valence-electron chi connectivity index (χ3n) is 4.55. The second kappa shape index (κ2) is 9.69. The maximum Gasteiger partial charge on any atom is 0.244 e. The number of hydrogen-bond donors (Lipinski definition) is 1. The molecule has 0 aliphatic carbocycles. The fraction of sp³-hybridized carbons (Fsp3) is 0.318. The van der Waals surface area contributed by atoms with Gasteiger partial charge >= 0.3 is 0 Å². The molecule has 0 spiro atoms. The molecule has 1 N–H and O–H groups in total. The van der Waals surface area contributed by atoms with E-state index in [1.807, 2.05) is 24.3 Å². The van der Waals surface area contributed by atoms with Crippen LogP contribution in [0.1, 0.15) is 38.1 Å². The van der Waals surface area contributed by atoms with Crippen molar-refractivity contribution in [3.63, 3.8) is 0 Å². The van der Waals surface area contributed by atoms with E-state index in [4.69, 9.17) is 0 Å². The molecular formula is C22H27N3O3. The highest BCUT2D eigenvalue weighted by molar-refractivity contribution is 6.02. The van der Waals surface area contributed by atoms with Gasteiger partial charge in [0.2, 0.25) is 11.8 Å². The molecule has 0 aliphatic rings. The molecule has 0 aliphatic heterocycles. The molecule has 28 heavy (non-hydrogen) atoms. The molecule has 0 bridgehead atoms. The molecule has 0 fully saturated rings. The van der Waals surface area contributed by atoms with Crippen LogP contribution in [-0.4, -0.2) is 37.2 Å². The number of amides is 2. The summed E-state index contributed by atoms with van der Waals surface area (Å²) in [5.74, 6) is -0.587. The third-order valence-corrected chi connectivity index (χ3v) is 4.55. The predicted octanol–water partition coefficient (Wildman–Crippen LogP) is 3.73. The zero-order chi connectivity index (χ0) is 20.7. The van der Waals surface area contributed by atoms with E-state index in [2.05, 4.69) is 24.1 Å². The summed E-state index contributed by atoms with van der Waals surface area (Å²) in [7, 11) is 0. The molecule has 2 rings (SSSR count). The van der Waals surface area contributed by atoms with Crippen molar-refractivity contribution in [3.8, 4) is 0 Å². The largest absolute Gasteiger partial charge is 0.372 e. The summed E-state index contributed by atoms with van der Waals surface area (Å²) in [5.41, 5.74) is 2.91. The number of Topliss-reactive ketones (excluding diaryl/α,β-unsaturated/α-hetero) is 1.